The molecule has 66 valence electrons. The second kappa shape index (κ2) is 4.15. The quantitative estimate of drug-likeness (QED) is 0.662. The summed E-state index contributed by atoms with van der Waals surface area (Å²) in [6.45, 7) is 5.41. The van der Waals surface area contributed by atoms with Gasteiger partial charge in [-0.1, -0.05) is 19.1 Å². The molecule has 1 aromatic rings. The molecule has 0 radical (unpaired) electrons. The molecule has 0 fully saturated rings. The predicted octanol–water partition coefficient (Wildman–Crippen LogP) is 2.71. The molecule has 0 saturated carbocycles. The molecule has 0 aliphatic carbocycles. The zero-order chi connectivity index (χ0) is 8.97. The van der Waals surface area contributed by atoms with E-state index < -0.39 is 0 Å². The number of aryl methyl sites for hydroxylation is 1. The van der Waals surface area contributed by atoms with Crippen molar-refractivity contribution in [2.24, 2.45) is 0 Å². The highest BCUT2D eigenvalue weighted by molar-refractivity contribution is 5.47. The van der Waals surface area contributed by atoms with Crippen LogP contribution < -0.4 is 4.90 Å². The lowest BCUT2D eigenvalue weighted by Gasteiger charge is -2.17. The summed E-state index contributed by atoms with van der Waals surface area (Å²) in [4.78, 5) is 2.25. The van der Waals surface area contributed by atoms with Crippen LogP contribution in [0.15, 0.2) is 24.3 Å². The van der Waals surface area contributed by atoms with E-state index in [1.54, 1.807) is 0 Å². The Kier molecular flexibility index (Phi) is 3.15. The number of hydrogen-bond acceptors (Lipinski definition) is 1. The van der Waals surface area contributed by atoms with Crippen molar-refractivity contribution in [2.45, 2.75) is 20.3 Å². The number of anilines is 1. The van der Waals surface area contributed by atoms with Gasteiger partial charge in [-0.05, 0) is 31.0 Å². The van der Waals surface area contributed by atoms with Gasteiger partial charge < -0.3 is 4.90 Å². The van der Waals surface area contributed by atoms with Crippen molar-refractivity contribution in [1.29, 1.82) is 0 Å². The number of benzene rings is 1. The van der Waals surface area contributed by atoms with Crippen LogP contribution in [-0.4, -0.2) is 13.6 Å². The minimum atomic E-state index is 1.06. The fourth-order valence-corrected chi connectivity index (χ4v) is 1.20. The van der Waals surface area contributed by atoms with Crippen LogP contribution in [0.4, 0.5) is 5.69 Å². The number of nitrogens with zero attached hydrogens (tertiary/aromatic N) is 1. The zero-order valence-electron chi connectivity index (χ0n) is 8.17. The Morgan fingerprint density at radius 1 is 1.25 bits per heavy atom. The van der Waals surface area contributed by atoms with E-state index in [2.05, 4.69) is 50.1 Å². The minimum Gasteiger partial charge on any atom is -0.375 e. The Morgan fingerprint density at radius 2 is 2.00 bits per heavy atom. The highest BCUT2D eigenvalue weighted by Gasteiger charge is 1.97. The van der Waals surface area contributed by atoms with Crippen LogP contribution >= 0.6 is 0 Å². The van der Waals surface area contributed by atoms with Crippen LogP contribution in [0.25, 0.3) is 0 Å². The maximum atomic E-state index is 2.25. The minimum absolute atomic E-state index is 1.06. The van der Waals surface area contributed by atoms with Gasteiger partial charge in [0.2, 0.25) is 0 Å². The van der Waals surface area contributed by atoms with E-state index in [0.29, 0.717) is 0 Å². The van der Waals surface area contributed by atoms with E-state index in [9.17, 15) is 0 Å². The predicted molar refractivity (Wildman–Crippen MR) is 54.8 cm³/mol. The maximum absolute atomic E-state index is 2.25. The molecule has 1 aromatic carbocycles. The fraction of sp³-hybridized carbons (Fsp3) is 0.455. The Hall–Kier alpha value is -0.980. The van der Waals surface area contributed by atoms with E-state index in [1.165, 1.54) is 11.3 Å². The molecular formula is C11H17N. The second-order valence-electron chi connectivity index (χ2n) is 3.04. The van der Waals surface area contributed by atoms with Crippen molar-refractivity contribution in [3.63, 3.8) is 0 Å². The average Bonchev–Trinajstić information content (AvgIpc) is 2.17. The third kappa shape index (κ3) is 2.00. The first-order valence-corrected chi connectivity index (χ1v) is 4.58. The zero-order valence-corrected chi connectivity index (χ0v) is 8.17. The molecular weight excluding hydrogens is 146 g/mol. The van der Waals surface area contributed by atoms with Crippen molar-refractivity contribution in [3.05, 3.63) is 29.8 Å². The molecule has 0 saturated heterocycles. The first kappa shape index (κ1) is 9.11. The SMILES string of the molecule is CCc1cccc(N(C)CC)c1. The number of hydrogen-bond donors (Lipinski definition) is 0. The lowest BCUT2D eigenvalue weighted by molar-refractivity contribution is 0.964. The van der Waals surface area contributed by atoms with Crippen LogP contribution in [0.1, 0.15) is 19.4 Å². The maximum Gasteiger partial charge on any atom is 0.0366 e. The average molecular weight is 163 g/mol. The standard InChI is InChI=1S/C11H17N/c1-4-10-7-6-8-11(9-10)12(3)5-2/h6-9H,4-5H2,1-3H3. The van der Waals surface area contributed by atoms with Crippen LogP contribution in [0.5, 0.6) is 0 Å². The fourth-order valence-electron chi connectivity index (χ4n) is 1.20. The van der Waals surface area contributed by atoms with Gasteiger partial charge in [-0.25, -0.2) is 0 Å². The molecule has 0 spiro atoms. The summed E-state index contributed by atoms with van der Waals surface area (Å²) in [5, 5.41) is 0. The second-order valence-corrected chi connectivity index (χ2v) is 3.04. The summed E-state index contributed by atoms with van der Waals surface area (Å²) in [6.07, 6.45) is 1.12. The van der Waals surface area contributed by atoms with Gasteiger partial charge in [-0.2, -0.15) is 0 Å². The normalized spacial score (nSPS) is 9.92. The van der Waals surface area contributed by atoms with Crippen molar-refractivity contribution < 1.29 is 0 Å². The third-order valence-electron chi connectivity index (χ3n) is 2.23. The van der Waals surface area contributed by atoms with Crippen LogP contribution in [-0.2, 0) is 6.42 Å². The molecule has 0 bridgehead atoms. The van der Waals surface area contributed by atoms with Gasteiger partial charge >= 0.3 is 0 Å². The molecule has 0 heterocycles. The van der Waals surface area contributed by atoms with Gasteiger partial charge in [0.1, 0.15) is 0 Å². The van der Waals surface area contributed by atoms with E-state index in [1.807, 2.05) is 0 Å². The highest BCUT2D eigenvalue weighted by atomic mass is 15.1. The molecule has 12 heavy (non-hydrogen) atoms. The smallest absolute Gasteiger partial charge is 0.0366 e. The molecule has 0 amide bonds. The van der Waals surface area contributed by atoms with Gasteiger partial charge in [-0.15, -0.1) is 0 Å². The molecule has 0 aromatic heterocycles. The Morgan fingerprint density at radius 3 is 2.58 bits per heavy atom. The van der Waals surface area contributed by atoms with Crippen molar-refractivity contribution >= 4 is 5.69 Å². The summed E-state index contributed by atoms with van der Waals surface area (Å²) >= 11 is 0. The van der Waals surface area contributed by atoms with E-state index in [0.717, 1.165) is 13.0 Å². The summed E-state index contributed by atoms with van der Waals surface area (Å²) in [5.74, 6) is 0. The highest BCUT2D eigenvalue weighted by Crippen LogP contribution is 2.14. The molecule has 1 nitrogen and oxygen atoms in total. The monoisotopic (exact) mass is 163 g/mol. The van der Waals surface area contributed by atoms with Gasteiger partial charge in [0.15, 0.2) is 0 Å². The molecule has 0 aliphatic heterocycles. The molecule has 1 rings (SSSR count). The molecule has 1 heteroatoms. The van der Waals surface area contributed by atoms with Crippen molar-refractivity contribution in [2.75, 3.05) is 18.5 Å². The van der Waals surface area contributed by atoms with Gasteiger partial charge in [-0.3, -0.25) is 0 Å². The van der Waals surface area contributed by atoms with E-state index >= 15 is 0 Å². The molecule has 0 aliphatic rings. The third-order valence-corrected chi connectivity index (χ3v) is 2.23. The first-order valence-electron chi connectivity index (χ1n) is 4.58. The lowest BCUT2D eigenvalue weighted by atomic mass is 10.1. The Balaban J connectivity index is 2.86. The van der Waals surface area contributed by atoms with Gasteiger partial charge in [0.05, 0.1) is 0 Å². The van der Waals surface area contributed by atoms with Crippen molar-refractivity contribution in [1.82, 2.24) is 0 Å². The number of rotatable bonds is 3. The lowest BCUT2D eigenvalue weighted by Crippen LogP contribution is -2.15. The summed E-state index contributed by atoms with van der Waals surface area (Å²) < 4.78 is 0. The summed E-state index contributed by atoms with van der Waals surface area (Å²) in [7, 11) is 2.12. The van der Waals surface area contributed by atoms with E-state index in [4.69, 9.17) is 0 Å². The van der Waals surface area contributed by atoms with Crippen LogP contribution in [0.2, 0.25) is 0 Å². The summed E-state index contributed by atoms with van der Waals surface area (Å²) in [6, 6.07) is 8.71. The molecule has 0 atom stereocenters. The van der Waals surface area contributed by atoms with Gasteiger partial charge in [0, 0.05) is 19.3 Å². The van der Waals surface area contributed by atoms with E-state index in [-0.39, 0.29) is 0 Å². The Bertz CT molecular complexity index is 243. The molecule has 0 unspecified atom stereocenters. The van der Waals surface area contributed by atoms with Crippen LogP contribution in [0, 0.1) is 0 Å². The van der Waals surface area contributed by atoms with Gasteiger partial charge in [0.25, 0.3) is 0 Å². The Labute approximate surface area is 75.0 Å². The largest absolute Gasteiger partial charge is 0.375 e. The first-order chi connectivity index (χ1) is 5.77. The summed E-state index contributed by atoms with van der Waals surface area (Å²) in [5.41, 5.74) is 2.73. The van der Waals surface area contributed by atoms with Crippen LogP contribution in [0.3, 0.4) is 0 Å². The van der Waals surface area contributed by atoms with Crippen molar-refractivity contribution in [3.8, 4) is 0 Å². The molecule has 0 N–H and O–H groups in total. The topological polar surface area (TPSA) is 3.24 Å².